The third kappa shape index (κ3) is 0.785. The van der Waals surface area contributed by atoms with E-state index < -0.39 is 6.29 Å². The summed E-state index contributed by atoms with van der Waals surface area (Å²) in [5.41, 5.74) is 11.2. The van der Waals surface area contributed by atoms with Crippen LogP contribution in [-0.2, 0) is 0 Å². The molecule has 0 aromatic carbocycles. The smallest absolute Gasteiger partial charge is 0.197 e. The lowest BCUT2D eigenvalue weighted by Gasteiger charge is -2.21. The summed E-state index contributed by atoms with van der Waals surface area (Å²) >= 11 is 1.42. The normalized spacial score (nSPS) is 28.7. The minimum atomic E-state index is -0.462. The van der Waals surface area contributed by atoms with Crippen molar-refractivity contribution < 1.29 is 0 Å². The number of nitrogens with zero attached hydrogens (tertiary/aromatic N) is 3. The van der Waals surface area contributed by atoms with E-state index in [-0.39, 0.29) is 0 Å². The summed E-state index contributed by atoms with van der Waals surface area (Å²) in [7, 11) is 0. The third-order valence-electron chi connectivity index (χ3n) is 1.51. The van der Waals surface area contributed by atoms with Crippen molar-refractivity contribution in [1.82, 2.24) is 10.0 Å². The number of rotatable bonds is 0. The summed E-state index contributed by atoms with van der Waals surface area (Å²) in [6.07, 6.45) is -0.462. The van der Waals surface area contributed by atoms with E-state index in [9.17, 15) is 0 Å². The largest absolute Gasteiger partial charge is 0.385 e. The van der Waals surface area contributed by atoms with Crippen LogP contribution in [0.3, 0.4) is 0 Å². The number of hydrogen-bond acceptors (Lipinski definition) is 7. The summed E-state index contributed by atoms with van der Waals surface area (Å²) in [4.78, 5) is 1.67. The lowest BCUT2D eigenvalue weighted by molar-refractivity contribution is 0.158. The quantitative estimate of drug-likeness (QED) is 0.385. The van der Waals surface area contributed by atoms with E-state index >= 15 is 0 Å². The number of hydrazine groups is 1. The molecule has 0 bridgehead atoms. The Bertz CT molecular complexity index is 247. The van der Waals surface area contributed by atoms with Gasteiger partial charge in [-0.25, -0.2) is 5.84 Å². The summed E-state index contributed by atoms with van der Waals surface area (Å²) in [6.45, 7) is 0. The van der Waals surface area contributed by atoms with Crippen LogP contribution in [0.4, 0.5) is 0 Å². The van der Waals surface area contributed by atoms with Gasteiger partial charge in [0.15, 0.2) is 11.5 Å². The van der Waals surface area contributed by atoms with Crippen LogP contribution in [0.1, 0.15) is 0 Å². The Hall–Kier alpha value is -0.920. The molecule has 0 saturated carbocycles. The van der Waals surface area contributed by atoms with Gasteiger partial charge in [-0.2, -0.15) is 5.12 Å². The molecule has 1 atom stereocenters. The third-order valence-corrected chi connectivity index (χ3v) is 2.35. The molecule has 6 N–H and O–H groups in total. The van der Waals surface area contributed by atoms with E-state index in [1.54, 1.807) is 10.3 Å². The van der Waals surface area contributed by atoms with Gasteiger partial charge in [-0.15, -0.1) is 5.10 Å². The molecule has 11 heavy (non-hydrogen) atoms. The molecule has 2 heterocycles. The van der Waals surface area contributed by atoms with Crippen molar-refractivity contribution in [3.8, 4) is 0 Å². The summed E-state index contributed by atoms with van der Waals surface area (Å²) in [5, 5.41) is 7.64. The van der Waals surface area contributed by atoms with Gasteiger partial charge in [0.25, 0.3) is 0 Å². The van der Waals surface area contributed by atoms with Gasteiger partial charge in [-0.3, -0.25) is 10.6 Å². The van der Waals surface area contributed by atoms with Gasteiger partial charge in [-0.05, 0) is 0 Å². The van der Waals surface area contributed by atoms with Gasteiger partial charge < -0.3 is 5.73 Å². The molecule has 6 nitrogen and oxygen atoms in total. The molecule has 1 unspecified atom stereocenters. The van der Waals surface area contributed by atoms with Crippen LogP contribution in [0, 0.1) is 0 Å². The molecule has 0 aromatic rings. The van der Waals surface area contributed by atoms with Gasteiger partial charge in [0.05, 0.1) is 0 Å². The highest BCUT2D eigenvalue weighted by atomic mass is 32.2. The molecule has 0 spiro atoms. The lowest BCUT2D eigenvalue weighted by atomic mass is 10.6. The van der Waals surface area contributed by atoms with Crippen LogP contribution in [0.15, 0.2) is 16.3 Å². The predicted octanol–water partition coefficient (Wildman–Crippen LogP) is -1.50. The second kappa shape index (κ2) is 2.03. The first-order chi connectivity index (χ1) is 5.20. The Kier molecular flexibility index (Phi) is 1.25. The molecule has 0 aromatic heterocycles. The van der Waals surface area contributed by atoms with E-state index in [1.807, 2.05) is 0 Å². The van der Waals surface area contributed by atoms with E-state index in [4.69, 9.17) is 17.3 Å². The van der Waals surface area contributed by atoms with Crippen LogP contribution in [0.2, 0.25) is 0 Å². The fraction of sp³-hybridized carbons (Fsp3) is 0.250. The van der Waals surface area contributed by atoms with E-state index in [0.29, 0.717) is 5.82 Å². The molecule has 7 heteroatoms. The van der Waals surface area contributed by atoms with Gasteiger partial charge >= 0.3 is 0 Å². The van der Waals surface area contributed by atoms with Crippen molar-refractivity contribution in [2.75, 3.05) is 0 Å². The summed E-state index contributed by atoms with van der Waals surface area (Å²) in [5.74, 6) is 6.01. The van der Waals surface area contributed by atoms with Gasteiger partial charge in [0, 0.05) is 5.41 Å². The zero-order valence-corrected chi connectivity index (χ0v) is 6.45. The molecule has 0 radical (unpaired) electrons. The van der Waals surface area contributed by atoms with Crippen molar-refractivity contribution in [2.45, 2.75) is 6.29 Å². The summed E-state index contributed by atoms with van der Waals surface area (Å²) in [6, 6.07) is 0. The minimum absolute atomic E-state index is 0.462. The molecule has 0 saturated heterocycles. The first kappa shape index (κ1) is 6.77. The van der Waals surface area contributed by atoms with Crippen molar-refractivity contribution >= 4 is 16.9 Å². The molecule has 0 amide bonds. The minimum Gasteiger partial charge on any atom is -0.385 e. The Labute approximate surface area is 67.6 Å². The maximum Gasteiger partial charge on any atom is 0.197 e. The van der Waals surface area contributed by atoms with Crippen LogP contribution in [0.5, 0.6) is 0 Å². The molecule has 0 aliphatic carbocycles. The second-order valence-corrected chi connectivity index (χ2v) is 3.04. The first-order valence-electron chi connectivity index (χ1n) is 3.00. The second-order valence-electron chi connectivity index (χ2n) is 2.21. The number of fused-ring (bicyclic) bond motifs is 1. The van der Waals surface area contributed by atoms with E-state index in [2.05, 4.69) is 5.10 Å². The molecule has 0 fully saturated rings. The maximum absolute atomic E-state index is 5.63. The van der Waals surface area contributed by atoms with E-state index in [1.165, 1.54) is 16.9 Å². The highest BCUT2D eigenvalue weighted by Crippen LogP contribution is 2.28. The van der Waals surface area contributed by atoms with Gasteiger partial charge in [-0.1, -0.05) is 11.8 Å². The number of amidine groups is 1. The fourth-order valence-electron chi connectivity index (χ4n) is 0.951. The standard InChI is InChI=1S/C4H8N6S/c5-2-1-11-4-8-10(7)3(6)9(2)4/h1,3H,5-7H2. The topological polar surface area (TPSA) is 96.9 Å². The molecule has 2 rings (SSSR count). The highest BCUT2D eigenvalue weighted by molar-refractivity contribution is 8.16. The van der Waals surface area contributed by atoms with Crippen molar-refractivity contribution in [3.05, 3.63) is 11.2 Å². The predicted molar refractivity (Wildman–Crippen MR) is 43.1 cm³/mol. The molecule has 60 valence electrons. The van der Waals surface area contributed by atoms with Crippen LogP contribution >= 0.6 is 11.8 Å². The maximum atomic E-state index is 5.63. The van der Waals surface area contributed by atoms with Gasteiger partial charge in [0.1, 0.15) is 5.82 Å². The molecular weight excluding hydrogens is 164 g/mol. The molecule has 2 aliphatic heterocycles. The number of hydrogen-bond donors (Lipinski definition) is 3. The number of hydrazone groups is 1. The number of nitrogens with two attached hydrogens (primary N) is 3. The summed E-state index contributed by atoms with van der Waals surface area (Å²) < 4.78 is 0. The van der Waals surface area contributed by atoms with Crippen molar-refractivity contribution in [3.63, 3.8) is 0 Å². The Morgan fingerprint density at radius 2 is 2.36 bits per heavy atom. The molecular formula is C4H8N6S. The number of thioether (sulfide) groups is 1. The molecule has 2 aliphatic rings. The monoisotopic (exact) mass is 172 g/mol. The average Bonchev–Trinajstić information content (AvgIpc) is 2.41. The van der Waals surface area contributed by atoms with Crippen LogP contribution < -0.4 is 17.3 Å². The Balaban J connectivity index is 2.30. The zero-order valence-electron chi connectivity index (χ0n) is 5.64. The zero-order chi connectivity index (χ0) is 8.01. The lowest BCUT2D eigenvalue weighted by Crippen LogP contribution is -2.50. The van der Waals surface area contributed by atoms with Crippen molar-refractivity contribution in [2.24, 2.45) is 22.4 Å². The average molecular weight is 172 g/mol. The SMILES string of the molecule is NC1=CSC2=NN(N)C(N)N12. The highest BCUT2D eigenvalue weighted by Gasteiger charge is 2.34. The van der Waals surface area contributed by atoms with Crippen molar-refractivity contribution in [1.29, 1.82) is 0 Å². The van der Waals surface area contributed by atoms with Gasteiger partial charge in [0.2, 0.25) is 0 Å². The first-order valence-corrected chi connectivity index (χ1v) is 3.88. The Morgan fingerprint density at radius 3 is 3.00 bits per heavy atom. The Morgan fingerprint density at radius 1 is 1.64 bits per heavy atom. The van der Waals surface area contributed by atoms with Crippen LogP contribution in [-0.4, -0.2) is 21.5 Å². The fourth-order valence-corrected chi connectivity index (χ4v) is 1.76. The van der Waals surface area contributed by atoms with Crippen LogP contribution in [0.25, 0.3) is 0 Å². The van der Waals surface area contributed by atoms with E-state index in [0.717, 1.165) is 5.17 Å².